The van der Waals surface area contributed by atoms with E-state index in [2.05, 4.69) is 55.6 Å². The first-order valence-electron chi connectivity index (χ1n) is 8.94. The Bertz CT molecular complexity index is 882. The van der Waals surface area contributed by atoms with Gasteiger partial charge in [-0.15, -0.1) is 0 Å². The maximum Gasteiger partial charge on any atom is 0.278 e. The number of hydrogen-bond acceptors (Lipinski definition) is 4. The van der Waals surface area contributed by atoms with E-state index in [-0.39, 0.29) is 28.8 Å². The highest BCUT2D eigenvalue weighted by Crippen LogP contribution is 2.47. The molecule has 1 saturated carbocycles. The zero-order valence-corrected chi connectivity index (χ0v) is 15.7. The summed E-state index contributed by atoms with van der Waals surface area (Å²) in [5.74, 6) is -0.0524. The number of rotatable bonds is 5. The lowest BCUT2D eigenvalue weighted by molar-refractivity contribution is -0.385. The molecule has 1 aliphatic carbocycles. The second-order valence-corrected chi connectivity index (χ2v) is 7.87. The number of nitro benzene ring substituents is 1. The Morgan fingerprint density at radius 3 is 2.48 bits per heavy atom. The van der Waals surface area contributed by atoms with Crippen LogP contribution in [0, 0.1) is 16.0 Å². The number of hydrogen-bond donors (Lipinski definition) is 1. The SMILES string of the molecule is CC(C)(C)c1ccc([C@@H]2C[C@@H]2C(=O)N/N=C\c2ccccc2[N+](=O)[O-])cc1. The number of benzene rings is 2. The van der Waals surface area contributed by atoms with Gasteiger partial charge in [0.2, 0.25) is 5.91 Å². The van der Waals surface area contributed by atoms with E-state index in [1.165, 1.54) is 17.8 Å². The number of nitro groups is 1. The van der Waals surface area contributed by atoms with Crippen LogP contribution in [0.2, 0.25) is 0 Å². The highest BCUT2D eigenvalue weighted by Gasteiger charge is 2.44. The summed E-state index contributed by atoms with van der Waals surface area (Å²) >= 11 is 0. The summed E-state index contributed by atoms with van der Waals surface area (Å²) < 4.78 is 0. The van der Waals surface area contributed by atoms with Gasteiger partial charge in [0.15, 0.2) is 0 Å². The molecule has 1 aliphatic rings. The summed E-state index contributed by atoms with van der Waals surface area (Å²) in [5.41, 5.74) is 5.34. The van der Waals surface area contributed by atoms with Crippen molar-refractivity contribution in [1.82, 2.24) is 5.43 Å². The van der Waals surface area contributed by atoms with Crippen LogP contribution in [0.15, 0.2) is 53.6 Å². The molecule has 6 nitrogen and oxygen atoms in total. The fourth-order valence-corrected chi connectivity index (χ4v) is 3.09. The van der Waals surface area contributed by atoms with Crippen molar-refractivity contribution in [2.24, 2.45) is 11.0 Å². The minimum absolute atomic E-state index is 0.0428. The first-order chi connectivity index (χ1) is 12.8. The van der Waals surface area contributed by atoms with E-state index in [4.69, 9.17) is 0 Å². The molecule has 0 unspecified atom stereocenters. The third-order valence-corrected chi connectivity index (χ3v) is 4.84. The van der Waals surface area contributed by atoms with Gasteiger partial charge >= 0.3 is 0 Å². The molecule has 1 fully saturated rings. The third kappa shape index (κ3) is 4.39. The maximum absolute atomic E-state index is 12.3. The standard InChI is InChI=1S/C21H23N3O3/c1-21(2,3)16-10-8-14(9-11-16)17-12-18(17)20(25)23-22-13-15-6-4-5-7-19(15)24(26)27/h4-11,13,17-18H,12H2,1-3H3,(H,23,25)/b22-13-/t17-,18-/m0/s1. The minimum Gasteiger partial charge on any atom is -0.273 e. The number of carbonyl (C=O) groups excluding carboxylic acids is 1. The van der Waals surface area contributed by atoms with Gasteiger partial charge in [0.1, 0.15) is 0 Å². The monoisotopic (exact) mass is 365 g/mol. The van der Waals surface area contributed by atoms with Crippen LogP contribution in [0.1, 0.15) is 49.8 Å². The summed E-state index contributed by atoms with van der Waals surface area (Å²) in [4.78, 5) is 22.8. The van der Waals surface area contributed by atoms with Crippen LogP contribution < -0.4 is 5.43 Å². The number of amides is 1. The summed E-state index contributed by atoms with van der Waals surface area (Å²) in [6, 6.07) is 14.7. The zero-order valence-electron chi connectivity index (χ0n) is 15.7. The van der Waals surface area contributed by atoms with E-state index in [0.717, 1.165) is 12.0 Å². The van der Waals surface area contributed by atoms with Gasteiger partial charge in [0.25, 0.3) is 5.69 Å². The van der Waals surface area contributed by atoms with Crippen molar-refractivity contribution in [3.8, 4) is 0 Å². The molecule has 2 atom stereocenters. The van der Waals surface area contributed by atoms with E-state index < -0.39 is 4.92 Å². The van der Waals surface area contributed by atoms with Crippen LogP contribution >= 0.6 is 0 Å². The Kier molecular flexibility index (Phi) is 5.08. The number of para-hydroxylation sites is 1. The molecule has 140 valence electrons. The molecule has 0 heterocycles. The molecule has 0 saturated heterocycles. The smallest absolute Gasteiger partial charge is 0.273 e. The lowest BCUT2D eigenvalue weighted by Crippen LogP contribution is -2.20. The molecular weight excluding hydrogens is 342 g/mol. The zero-order chi connectivity index (χ0) is 19.6. The second kappa shape index (κ2) is 7.31. The summed E-state index contributed by atoms with van der Waals surface area (Å²) in [6.07, 6.45) is 2.10. The molecular formula is C21H23N3O3. The molecule has 1 amide bonds. The molecule has 0 aliphatic heterocycles. The van der Waals surface area contributed by atoms with Gasteiger partial charge < -0.3 is 0 Å². The first kappa shape index (κ1) is 18.8. The molecule has 2 aromatic rings. The van der Waals surface area contributed by atoms with Crippen molar-refractivity contribution in [3.63, 3.8) is 0 Å². The van der Waals surface area contributed by atoms with Gasteiger partial charge in [0, 0.05) is 12.0 Å². The van der Waals surface area contributed by atoms with Crippen LogP contribution in [0.3, 0.4) is 0 Å². The van der Waals surface area contributed by atoms with Crippen LogP contribution in [0.5, 0.6) is 0 Å². The van der Waals surface area contributed by atoms with Crippen molar-refractivity contribution in [2.45, 2.75) is 38.5 Å². The van der Waals surface area contributed by atoms with E-state index in [0.29, 0.717) is 5.56 Å². The third-order valence-electron chi connectivity index (χ3n) is 4.84. The van der Waals surface area contributed by atoms with Crippen molar-refractivity contribution >= 4 is 17.8 Å². The van der Waals surface area contributed by atoms with Crippen molar-refractivity contribution in [1.29, 1.82) is 0 Å². The molecule has 2 aromatic carbocycles. The van der Waals surface area contributed by atoms with Crippen molar-refractivity contribution < 1.29 is 9.72 Å². The highest BCUT2D eigenvalue weighted by atomic mass is 16.6. The van der Waals surface area contributed by atoms with Gasteiger partial charge in [-0.05, 0) is 34.9 Å². The molecule has 0 aromatic heterocycles. The Hall–Kier alpha value is -3.02. The van der Waals surface area contributed by atoms with Gasteiger partial charge in [-0.25, -0.2) is 5.43 Å². The molecule has 0 radical (unpaired) electrons. The fraction of sp³-hybridized carbons (Fsp3) is 0.333. The number of hydrazone groups is 1. The summed E-state index contributed by atoms with van der Waals surface area (Å²) in [7, 11) is 0. The van der Waals surface area contributed by atoms with Crippen molar-refractivity contribution in [3.05, 3.63) is 75.3 Å². The molecule has 3 rings (SSSR count). The van der Waals surface area contributed by atoms with Gasteiger partial charge in [-0.2, -0.15) is 5.10 Å². The van der Waals surface area contributed by atoms with Crippen LogP contribution in [-0.2, 0) is 10.2 Å². The molecule has 0 bridgehead atoms. The van der Waals surface area contributed by atoms with Gasteiger partial charge in [-0.1, -0.05) is 57.2 Å². The topological polar surface area (TPSA) is 84.6 Å². The quantitative estimate of drug-likeness (QED) is 0.491. The normalized spacial score (nSPS) is 19.1. The molecule has 6 heteroatoms. The van der Waals surface area contributed by atoms with Crippen LogP contribution in [0.25, 0.3) is 0 Å². The lowest BCUT2D eigenvalue weighted by Gasteiger charge is -2.19. The van der Waals surface area contributed by atoms with E-state index >= 15 is 0 Å². The largest absolute Gasteiger partial charge is 0.278 e. The van der Waals surface area contributed by atoms with E-state index in [1.54, 1.807) is 18.2 Å². The number of nitrogens with one attached hydrogen (secondary N) is 1. The van der Waals surface area contributed by atoms with E-state index in [9.17, 15) is 14.9 Å². The predicted octanol–water partition coefficient (Wildman–Crippen LogP) is 4.15. The molecule has 1 N–H and O–H groups in total. The Morgan fingerprint density at radius 1 is 1.19 bits per heavy atom. The number of nitrogens with zero attached hydrogens (tertiary/aromatic N) is 2. The molecule has 27 heavy (non-hydrogen) atoms. The van der Waals surface area contributed by atoms with Crippen LogP contribution in [0.4, 0.5) is 5.69 Å². The summed E-state index contributed by atoms with van der Waals surface area (Å²) in [6.45, 7) is 6.51. The van der Waals surface area contributed by atoms with Gasteiger partial charge in [-0.3, -0.25) is 14.9 Å². The Balaban J connectivity index is 1.59. The van der Waals surface area contributed by atoms with E-state index in [1.807, 2.05) is 0 Å². The molecule has 0 spiro atoms. The lowest BCUT2D eigenvalue weighted by atomic mass is 9.86. The Morgan fingerprint density at radius 2 is 1.85 bits per heavy atom. The van der Waals surface area contributed by atoms with Gasteiger partial charge in [0.05, 0.1) is 16.7 Å². The fourth-order valence-electron chi connectivity index (χ4n) is 3.09. The maximum atomic E-state index is 12.3. The minimum atomic E-state index is -0.471. The predicted molar refractivity (Wildman–Crippen MR) is 105 cm³/mol. The average Bonchev–Trinajstić information content (AvgIpc) is 3.42. The van der Waals surface area contributed by atoms with Crippen LogP contribution in [-0.4, -0.2) is 17.0 Å². The first-order valence-corrected chi connectivity index (χ1v) is 8.94. The average molecular weight is 365 g/mol. The second-order valence-electron chi connectivity index (χ2n) is 7.87. The summed E-state index contributed by atoms with van der Waals surface area (Å²) in [5, 5.41) is 14.9. The Labute approximate surface area is 158 Å². The number of carbonyl (C=O) groups is 1. The van der Waals surface area contributed by atoms with Crippen molar-refractivity contribution in [2.75, 3.05) is 0 Å². The highest BCUT2D eigenvalue weighted by molar-refractivity contribution is 5.88.